The van der Waals surface area contributed by atoms with E-state index in [0.717, 1.165) is 17.8 Å². The first-order chi connectivity index (χ1) is 6.96. The van der Waals surface area contributed by atoms with Crippen molar-refractivity contribution in [1.29, 1.82) is 0 Å². The summed E-state index contributed by atoms with van der Waals surface area (Å²) in [7, 11) is 0. The van der Waals surface area contributed by atoms with Crippen LogP contribution in [0.2, 0.25) is 0 Å². The highest BCUT2D eigenvalue weighted by atomic mass is 32.1. The summed E-state index contributed by atoms with van der Waals surface area (Å²) >= 11 is 4.84. The van der Waals surface area contributed by atoms with Crippen LogP contribution in [0.1, 0.15) is 60.3 Å². The second-order valence-electron chi connectivity index (χ2n) is 5.92. The summed E-state index contributed by atoms with van der Waals surface area (Å²) in [6.45, 7) is 11.9. The van der Waals surface area contributed by atoms with Crippen LogP contribution < -0.4 is 0 Å². The van der Waals surface area contributed by atoms with Crippen molar-refractivity contribution in [2.45, 2.75) is 65.6 Å². The van der Waals surface area contributed by atoms with Gasteiger partial charge in [0.2, 0.25) is 0 Å². The Bertz CT molecular complexity index is 194. The number of thiol groups is 1. The van der Waals surface area contributed by atoms with Crippen LogP contribution in [0.5, 0.6) is 0 Å². The average molecular weight is 228 g/mol. The minimum atomic E-state index is 0.589. The van der Waals surface area contributed by atoms with Gasteiger partial charge in [0.15, 0.2) is 0 Å². The van der Waals surface area contributed by atoms with Crippen LogP contribution in [0.4, 0.5) is 0 Å². The number of rotatable bonds is 4. The van der Waals surface area contributed by atoms with Gasteiger partial charge >= 0.3 is 0 Å². The van der Waals surface area contributed by atoms with Gasteiger partial charge in [0.05, 0.1) is 0 Å². The lowest BCUT2D eigenvalue weighted by molar-refractivity contribution is 0.160. The van der Waals surface area contributed by atoms with Crippen LogP contribution in [0, 0.1) is 23.2 Å². The molecule has 0 radical (unpaired) electrons. The van der Waals surface area contributed by atoms with Crippen molar-refractivity contribution in [3.8, 4) is 0 Å². The highest BCUT2D eigenvalue weighted by molar-refractivity contribution is 7.81. The molecule has 0 N–H and O–H groups in total. The van der Waals surface area contributed by atoms with Crippen LogP contribution in [0.15, 0.2) is 0 Å². The molecule has 0 aromatic heterocycles. The van der Waals surface area contributed by atoms with Crippen LogP contribution in [0.3, 0.4) is 0 Å². The van der Waals surface area contributed by atoms with E-state index in [9.17, 15) is 0 Å². The van der Waals surface area contributed by atoms with Crippen molar-refractivity contribution < 1.29 is 0 Å². The van der Waals surface area contributed by atoms with Crippen LogP contribution >= 0.6 is 12.6 Å². The molecule has 3 atom stereocenters. The van der Waals surface area contributed by atoms with Crippen LogP contribution in [-0.2, 0) is 0 Å². The van der Waals surface area contributed by atoms with E-state index in [2.05, 4.69) is 34.6 Å². The predicted molar refractivity (Wildman–Crippen MR) is 72.5 cm³/mol. The normalized spacial score (nSPS) is 35.0. The van der Waals surface area contributed by atoms with Gasteiger partial charge in [0.1, 0.15) is 0 Å². The van der Waals surface area contributed by atoms with Crippen molar-refractivity contribution in [2.24, 2.45) is 23.2 Å². The second kappa shape index (κ2) is 5.12. The number of hydrogen-bond acceptors (Lipinski definition) is 1. The molecule has 3 unspecified atom stereocenters. The predicted octanol–water partition coefficient (Wildman–Crippen LogP) is 4.79. The maximum absolute atomic E-state index is 4.84. The molecule has 0 spiro atoms. The zero-order valence-corrected chi connectivity index (χ0v) is 12.0. The van der Waals surface area contributed by atoms with E-state index in [1.807, 2.05) is 0 Å². The van der Waals surface area contributed by atoms with Gasteiger partial charge in [0.25, 0.3) is 0 Å². The Morgan fingerprint density at radius 1 is 1.27 bits per heavy atom. The summed E-state index contributed by atoms with van der Waals surface area (Å²) < 4.78 is 0. The Hall–Kier alpha value is 0.350. The lowest BCUT2D eigenvalue weighted by Crippen LogP contribution is -2.25. The quantitative estimate of drug-likeness (QED) is 0.657. The van der Waals surface area contributed by atoms with Crippen molar-refractivity contribution in [3.63, 3.8) is 0 Å². The van der Waals surface area contributed by atoms with Crippen molar-refractivity contribution in [1.82, 2.24) is 0 Å². The maximum Gasteiger partial charge on any atom is 0.00533 e. The van der Waals surface area contributed by atoms with Crippen LogP contribution in [-0.4, -0.2) is 5.25 Å². The minimum Gasteiger partial charge on any atom is -0.176 e. The first kappa shape index (κ1) is 13.4. The van der Waals surface area contributed by atoms with E-state index in [1.165, 1.54) is 25.7 Å². The minimum absolute atomic E-state index is 0.589. The van der Waals surface area contributed by atoms with E-state index in [4.69, 9.17) is 12.6 Å². The summed E-state index contributed by atoms with van der Waals surface area (Å²) in [6.07, 6.45) is 5.35. The zero-order valence-electron chi connectivity index (χ0n) is 11.1. The van der Waals surface area contributed by atoms with E-state index >= 15 is 0 Å². The van der Waals surface area contributed by atoms with E-state index in [1.54, 1.807) is 0 Å². The van der Waals surface area contributed by atoms with Crippen molar-refractivity contribution >= 4 is 12.6 Å². The molecule has 0 amide bonds. The lowest BCUT2D eigenvalue weighted by atomic mass is 9.71. The third-order valence-electron chi connectivity index (χ3n) is 4.87. The van der Waals surface area contributed by atoms with Gasteiger partial charge in [-0.25, -0.2) is 0 Å². The topological polar surface area (TPSA) is 0 Å². The molecule has 0 saturated heterocycles. The Morgan fingerprint density at radius 2 is 1.80 bits per heavy atom. The third-order valence-corrected chi connectivity index (χ3v) is 5.44. The van der Waals surface area contributed by atoms with Gasteiger partial charge in [-0.15, -0.1) is 0 Å². The third kappa shape index (κ3) is 2.54. The van der Waals surface area contributed by atoms with Gasteiger partial charge in [-0.1, -0.05) is 47.5 Å². The summed E-state index contributed by atoms with van der Waals surface area (Å²) in [6, 6.07) is 0. The van der Waals surface area contributed by atoms with E-state index in [0.29, 0.717) is 10.7 Å². The molecule has 1 rings (SSSR count). The van der Waals surface area contributed by atoms with E-state index in [-0.39, 0.29) is 0 Å². The first-order valence-corrected chi connectivity index (χ1v) is 7.16. The molecule has 0 aliphatic heterocycles. The maximum atomic E-state index is 4.84. The first-order valence-electron chi connectivity index (χ1n) is 6.65. The molecule has 90 valence electrons. The largest absolute Gasteiger partial charge is 0.176 e. The SMILES string of the molecule is CCC1(CC)CC(S)C(CC(C)C)C1C. The molecule has 1 fully saturated rings. The molecule has 0 nitrogen and oxygen atoms in total. The van der Waals surface area contributed by atoms with Gasteiger partial charge < -0.3 is 0 Å². The Kier molecular flexibility index (Phi) is 4.58. The van der Waals surface area contributed by atoms with Crippen LogP contribution in [0.25, 0.3) is 0 Å². The Labute approximate surface area is 102 Å². The molecule has 1 aliphatic carbocycles. The van der Waals surface area contributed by atoms with Gasteiger partial charge in [-0.2, -0.15) is 12.6 Å². The molecule has 1 aliphatic rings. The Balaban J connectivity index is 2.77. The van der Waals surface area contributed by atoms with Crippen molar-refractivity contribution in [3.05, 3.63) is 0 Å². The molecule has 1 heteroatoms. The molecule has 15 heavy (non-hydrogen) atoms. The smallest absolute Gasteiger partial charge is 0.00533 e. The Morgan fingerprint density at radius 3 is 2.13 bits per heavy atom. The molecular formula is C14H28S. The molecule has 0 aromatic rings. The van der Waals surface area contributed by atoms with Crippen molar-refractivity contribution in [2.75, 3.05) is 0 Å². The lowest BCUT2D eigenvalue weighted by Gasteiger charge is -2.34. The van der Waals surface area contributed by atoms with Gasteiger partial charge in [-0.3, -0.25) is 0 Å². The monoisotopic (exact) mass is 228 g/mol. The van der Waals surface area contributed by atoms with Gasteiger partial charge in [0, 0.05) is 5.25 Å². The number of hydrogen-bond donors (Lipinski definition) is 1. The average Bonchev–Trinajstić information content (AvgIpc) is 2.42. The summed E-state index contributed by atoms with van der Waals surface area (Å²) in [4.78, 5) is 0. The summed E-state index contributed by atoms with van der Waals surface area (Å²) in [5, 5.41) is 0.641. The summed E-state index contributed by atoms with van der Waals surface area (Å²) in [5.41, 5.74) is 0.589. The fourth-order valence-corrected chi connectivity index (χ4v) is 4.37. The molecule has 0 bridgehead atoms. The van der Waals surface area contributed by atoms with Gasteiger partial charge in [-0.05, 0) is 36.0 Å². The standard InChI is InChI=1S/C14H28S/c1-6-14(7-2)9-13(15)12(11(14)5)8-10(3)4/h10-13,15H,6-9H2,1-5H3. The molecule has 1 saturated carbocycles. The highest BCUT2D eigenvalue weighted by Crippen LogP contribution is 2.54. The molecule has 0 aromatic carbocycles. The van der Waals surface area contributed by atoms with E-state index < -0.39 is 0 Å². The summed E-state index contributed by atoms with van der Waals surface area (Å²) in [5.74, 6) is 2.52. The second-order valence-corrected chi connectivity index (χ2v) is 6.59. The molecule has 0 heterocycles. The zero-order chi connectivity index (χ0) is 11.6. The molecular weight excluding hydrogens is 200 g/mol. The fraction of sp³-hybridized carbons (Fsp3) is 1.00. The fourth-order valence-electron chi connectivity index (χ4n) is 3.63. The highest BCUT2D eigenvalue weighted by Gasteiger charge is 2.47.